The summed E-state index contributed by atoms with van der Waals surface area (Å²) in [5.74, 6) is 0.633. The summed E-state index contributed by atoms with van der Waals surface area (Å²) in [4.78, 5) is 14.1. The van der Waals surface area contributed by atoms with Gasteiger partial charge in [-0.25, -0.2) is 0 Å². The Balaban J connectivity index is 2.71. The predicted octanol–water partition coefficient (Wildman–Crippen LogP) is 0.851. The summed E-state index contributed by atoms with van der Waals surface area (Å²) in [7, 11) is 0. The van der Waals surface area contributed by atoms with Gasteiger partial charge in [0.2, 0.25) is 5.91 Å². The molecule has 0 aliphatic carbocycles. The summed E-state index contributed by atoms with van der Waals surface area (Å²) in [5.41, 5.74) is 0.0660. The smallest absolute Gasteiger partial charge is 0.242 e. The van der Waals surface area contributed by atoms with E-state index >= 15 is 0 Å². The Hall–Kier alpha value is -0.610. The van der Waals surface area contributed by atoms with Crippen LogP contribution in [0.1, 0.15) is 34.1 Å². The molecule has 0 aromatic rings. The SMILES string of the molecule is CC(C)CCN1CC(C)(C)CNC(CO)C1=O. The first-order valence-corrected chi connectivity index (χ1v) is 6.49. The molecule has 4 heteroatoms. The zero-order valence-electron chi connectivity index (χ0n) is 11.5. The highest BCUT2D eigenvalue weighted by Gasteiger charge is 2.33. The van der Waals surface area contributed by atoms with E-state index in [1.165, 1.54) is 0 Å². The molecule has 2 N–H and O–H groups in total. The third kappa shape index (κ3) is 4.28. The van der Waals surface area contributed by atoms with Crippen LogP contribution in [0.2, 0.25) is 0 Å². The van der Waals surface area contributed by atoms with Gasteiger partial charge in [-0.15, -0.1) is 0 Å². The highest BCUT2D eigenvalue weighted by atomic mass is 16.3. The van der Waals surface area contributed by atoms with Crippen molar-refractivity contribution in [2.24, 2.45) is 11.3 Å². The Morgan fingerprint density at radius 2 is 2.18 bits per heavy atom. The maximum Gasteiger partial charge on any atom is 0.242 e. The summed E-state index contributed by atoms with van der Waals surface area (Å²) >= 11 is 0. The van der Waals surface area contributed by atoms with Crippen LogP contribution in [0.15, 0.2) is 0 Å². The lowest BCUT2D eigenvalue weighted by molar-refractivity contribution is -0.134. The van der Waals surface area contributed by atoms with E-state index in [1.807, 2.05) is 4.90 Å². The third-order valence-electron chi connectivity index (χ3n) is 3.21. The van der Waals surface area contributed by atoms with E-state index in [9.17, 15) is 9.90 Å². The van der Waals surface area contributed by atoms with Crippen LogP contribution in [-0.4, -0.2) is 48.2 Å². The van der Waals surface area contributed by atoms with Gasteiger partial charge in [-0.2, -0.15) is 0 Å². The van der Waals surface area contributed by atoms with Crippen LogP contribution >= 0.6 is 0 Å². The summed E-state index contributed by atoms with van der Waals surface area (Å²) in [6.45, 7) is 10.8. The van der Waals surface area contributed by atoms with Crippen molar-refractivity contribution in [3.8, 4) is 0 Å². The molecular weight excluding hydrogens is 216 g/mol. The minimum Gasteiger partial charge on any atom is -0.394 e. The third-order valence-corrected chi connectivity index (χ3v) is 3.21. The molecule has 1 aliphatic rings. The Morgan fingerprint density at radius 1 is 1.53 bits per heavy atom. The van der Waals surface area contributed by atoms with E-state index < -0.39 is 6.04 Å². The second kappa shape index (κ2) is 5.83. The number of aliphatic hydroxyl groups excluding tert-OH is 1. The molecule has 1 fully saturated rings. The van der Waals surface area contributed by atoms with E-state index in [0.717, 1.165) is 26.1 Å². The van der Waals surface area contributed by atoms with Crippen LogP contribution in [0.25, 0.3) is 0 Å². The number of hydrogen-bond donors (Lipinski definition) is 2. The van der Waals surface area contributed by atoms with E-state index in [-0.39, 0.29) is 17.9 Å². The van der Waals surface area contributed by atoms with E-state index in [2.05, 4.69) is 33.0 Å². The summed E-state index contributed by atoms with van der Waals surface area (Å²) in [5, 5.41) is 12.4. The fourth-order valence-corrected chi connectivity index (χ4v) is 2.10. The second-order valence-corrected chi connectivity index (χ2v) is 6.22. The van der Waals surface area contributed by atoms with Crippen LogP contribution in [0.4, 0.5) is 0 Å². The van der Waals surface area contributed by atoms with Crippen molar-refractivity contribution in [3.05, 3.63) is 0 Å². The van der Waals surface area contributed by atoms with Crippen LogP contribution in [-0.2, 0) is 4.79 Å². The number of aliphatic hydroxyl groups is 1. The quantitative estimate of drug-likeness (QED) is 0.768. The molecule has 0 aromatic carbocycles. The molecule has 1 atom stereocenters. The summed E-state index contributed by atoms with van der Waals surface area (Å²) < 4.78 is 0. The van der Waals surface area contributed by atoms with E-state index in [1.54, 1.807) is 0 Å². The lowest BCUT2D eigenvalue weighted by Gasteiger charge is -2.29. The summed E-state index contributed by atoms with van der Waals surface area (Å²) in [6, 6.07) is -0.427. The van der Waals surface area contributed by atoms with Crippen molar-refractivity contribution in [2.75, 3.05) is 26.2 Å². The Morgan fingerprint density at radius 3 is 2.71 bits per heavy atom. The number of carbonyl (C=O) groups is 1. The van der Waals surface area contributed by atoms with Crippen LogP contribution in [0.5, 0.6) is 0 Å². The molecule has 0 spiro atoms. The van der Waals surface area contributed by atoms with Gasteiger partial charge in [0, 0.05) is 19.6 Å². The molecule has 100 valence electrons. The average Bonchev–Trinajstić information content (AvgIpc) is 2.34. The Kier molecular flexibility index (Phi) is 4.95. The molecule has 1 unspecified atom stereocenters. The number of rotatable bonds is 4. The van der Waals surface area contributed by atoms with Crippen molar-refractivity contribution in [1.29, 1.82) is 0 Å². The lowest BCUT2D eigenvalue weighted by Crippen LogP contribution is -2.46. The van der Waals surface area contributed by atoms with Crippen molar-refractivity contribution in [1.82, 2.24) is 10.2 Å². The Bertz CT molecular complexity index is 264. The van der Waals surface area contributed by atoms with Crippen molar-refractivity contribution in [2.45, 2.75) is 40.2 Å². The van der Waals surface area contributed by atoms with E-state index in [0.29, 0.717) is 5.92 Å². The molecular formula is C13H26N2O2. The number of hydrogen-bond acceptors (Lipinski definition) is 3. The first-order valence-electron chi connectivity index (χ1n) is 6.49. The molecule has 1 saturated heterocycles. The van der Waals surface area contributed by atoms with Gasteiger partial charge in [0.1, 0.15) is 6.04 Å². The largest absolute Gasteiger partial charge is 0.394 e. The van der Waals surface area contributed by atoms with Gasteiger partial charge in [0.25, 0.3) is 0 Å². The number of carbonyl (C=O) groups excluding carboxylic acids is 1. The van der Waals surface area contributed by atoms with Gasteiger partial charge in [0.05, 0.1) is 6.61 Å². The molecule has 1 heterocycles. The molecule has 1 rings (SSSR count). The molecule has 1 aliphatic heterocycles. The maximum atomic E-state index is 12.2. The van der Waals surface area contributed by atoms with Crippen LogP contribution in [0, 0.1) is 11.3 Å². The average molecular weight is 242 g/mol. The monoisotopic (exact) mass is 242 g/mol. The zero-order valence-corrected chi connectivity index (χ0v) is 11.5. The number of nitrogens with one attached hydrogen (secondary N) is 1. The lowest BCUT2D eigenvalue weighted by atomic mass is 9.93. The molecule has 1 amide bonds. The van der Waals surface area contributed by atoms with Gasteiger partial charge in [-0.05, 0) is 17.8 Å². The second-order valence-electron chi connectivity index (χ2n) is 6.22. The molecule has 0 bridgehead atoms. The highest BCUT2D eigenvalue weighted by molar-refractivity contribution is 5.82. The first-order chi connectivity index (χ1) is 7.85. The van der Waals surface area contributed by atoms with Gasteiger partial charge in [-0.3, -0.25) is 4.79 Å². The van der Waals surface area contributed by atoms with Gasteiger partial charge >= 0.3 is 0 Å². The minimum absolute atomic E-state index is 0.0405. The maximum absolute atomic E-state index is 12.2. The van der Waals surface area contributed by atoms with Crippen LogP contribution in [0.3, 0.4) is 0 Å². The minimum atomic E-state index is -0.427. The van der Waals surface area contributed by atoms with E-state index in [4.69, 9.17) is 0 Å². The summed E-state index contributed by atoms with van der Waals surface area (Å²) in [6.07, 6.45) is 1.01. The topological polar surface area (TPSA) is 52.6 Å². The van der Waals surface area contributed by atoms with Crippen molar-refractivity contribution in [3.63, 3.8) is 0 Å². The normalized spacial score (nSPS) is 25.2. The first kappa shape index (κ1) is 14.5. The van der Waals surface area contributed by atoms with Gasteiger partial charge in [0.15, 0.2) is 0 Å². The zero-order chi connectivity index (χ0) is 13.1. The molecule has 17 heavy (non-hydrogen) atoms. The fraction of sp³-hybridized carbons (Fsp3) is 0.923. The van der Waals surface area contributed by atoms with Gasteiger partial charge in [-0.1, -0.05) is 27.7 Å². The van der Waals surface area contributed by atoms with Gasteiger partial charge < -0.3 is 15.3 Å². The molecule has 0 aromatic heterocycles. The number of amides is 1. The van der Waals surface area contributed by atoms with Crippen molar-refractivity contribution < 1.29 is 9.90 Å². The van der Waals surface area contributed by atoms with Crippen LogP contribution < -0.4 is 5.32 Å². The predicted molar refractivity (Wildman–Crippen MR) is 68.7 cm³/mol. The number of nitrogens with zero attached hydrogens (tertiary/aromatic N) is 1. The van der Waals surface area contributed by atoms with Crippen molar-refractivity contribution >= 4 is 5.91 Å². The molecule has 4 nitrogen and oxygen atoms in total. The highest BCUT2D eigenvalue weighted by Crippen LogP contribution is 2.20. The molecule has 0 radical (unpaired) electrons. The standard InChI is InChI=1S/C13H26N2O2/c1-10(2)5-6-15-9-13(3,4)8-14-11(7-16)12(15)17/h10-11,14,16H,5-9H2,1-4H3. The molecule has 0 saturated carbocycles. The fourth-order valence-electron chi connectivity index (χ4n) is 2.10. The Labute approximate surface area is 104 Å².